The molecule has 0 aliphatic heterocycles. The van der Waals surface area contributed by atoms with E-state index < -0.39 is 0 Å². The topological polar surface area (TPSA) is 35.5 Å². The quantitative estimate of drug-likeness (QED) is 0.334. The van der Waals surface area contributed by atoms with E-state index in [2.05, 4.69) is 31.6 Å². The number of carbonyl (C=O) groups excluding carboxylic acids is 1. The lowest BCUT2D eigenvalue weighted by atomic mass is 9.94. The lowest BCUT2D eigenvalue weighted by Crippen LogP contribution is -2.24. The van der Waals surface area contributed by atoms with Crippen molar-refractivity contribution in [3.05, 3.63) is 23.8 Å². The van der Waals surface area contributed by atoms with Crippen molar-refractivity contribution >= 4 is 5.97 Å². The third kappa shape index (κ3) is 11.3. The van der Waals surface area contributed by atoms with Crippen molar-refractivity contribution in [1.29, 1.82) is 0 Å². The number of rotatable bonds is 10. The van der Waals surface area contributed by atoms with Crippen LogP contribution in [-0.2, 0) is 14.3 Å². The zero-order valence-corrected chi connectivity index (χ0v) is 14.6. The van der Waals surface area contributed by atoms with Crippen LogP contribution >= 0.6 is 0 Å². The standard InChI is InChI=1S/C18H32O3/c1-7-21-18(4,5)13-9-12-15(2)10-8-11-16(3)14-17(19)20-6/h8,11,14-15H,7,9-10,12-13H2,1-6H3/b11-8+,16-14?. The van der Waals surface area contributed by atoms with Crippen molar-refractivity contribution in [2.45, 2.75) is 65.9 Å². The minimum absolute atomic E-state index is 0.00977. The van der Waals surface area contributed by atoms with Gasteiger partial charge in [0.05, 0.1) is 12.7 Å². The van der Waals surface area contributed by atoms with E-state index in [1.165, 1.54) is 26.0 Å². The van der Waals surface area contributed by atoms with Crippen LogP contribution in [0.2, 0.25) is 0 Å². The Morgan fingerprint density at radius 2 is 2.00 bits per heavy atom. The van der Waals surface area contributed by atoms with Gasteiger partial charge < -0.3 is 9.47 Å². The summed E-state index contributed by atoms with van der Waals surface area (Å²) in [5, 5.41) is 0. The van der Waals surface area contributed by atoms with Crippen LogP contribution in [0, 0.1) is 5.92 Å². The molecular formula is C18H32O3. The van der Waals surface area contributed by atoms with Gasteiger partial charge in [0.1, 0.15) is 0 Å². The second kappa shape index (κ2) is 10.6. The lowest BCUT2D eigenvalue weighted by molar-refractivity contribution is -0.134. The summed E-state index contributed by atoms with van der Waals surface area (Å²) < 4.78 is 10.3. The van der Waals surface area contributed by atoms with Crippen LogP contribution in [0.15, 0.2) is 23.8 Å². The average molecular weight is 296 g/mol. The molecule has 0 aromatic heterocycles. The molecule has 0 spiro atoms. The molecule has 0 N–H and O–H groups in total. The van der Waals surface area contributed by atoms with Crippen molar-refractivity contribution in [3.63, 3.8) is 0 Å². The van der Waals surface area contributed by atoms with Gasteiger partial charge in [0.2, 0.25) is 0 Å². The fraction of sp³-hybridized carbons (Fsp3) is 0.722. The molecule has 0 saturated heterocycles. The van der Waals surface area contributed by atoms with E-state index in [0.717, 1.165) is 25.0 Å². The zero-order chi connectivity index (χ0) is 16.3. The molecule has 0 heterocycles. The van der Waals surface area contributed by atoms with Crippen molar-refractivity contribution in [2.75, 3.05) is 13.7 Å². The molecule has 0 radical (unpaired) electrons. The van der Waals surface area contributed by atoms with Crippen molar-refractivity contribution in [2.24, 2.45) is 5.92 Å². The molecule has 0 aromatic rings. The monoisotopic (exact) mass is 296 g/mol. The van der Waals surface area contributed by atoms with Gasteiger partial charge in [-0.25, -0.2) is 4.79 Å². The normalized spacial score (nSPS) is 14.5. The third-order valence-corrected chi connectivity index (χ3v) is 3.48. The molecule has 21 heavy (non-hydrogen) atoms. The number of hydrogen-bond acceptors (Lipinski definition) is 3. The van der Waals surface area contributed by atoms with Gasteiger partial charge in [-0.3, -0.25) is 0 Å². The molecular weight excluding hydrogens is 264 g/mol. The second-order valence-electron chi connectivity index (χ2n) is 6.24. The van der Waals surface area contributed by atoms with Gasteiger partial charge in [-0.05, 0) is 52.0 Å². The highest BCUT2D eigenvalue weighted by atomic mass is 16.5. The van der Waals surface area contributed by atoms with Gasteiger partial charge in [-0.1, -0.05) is 31.9 Å². The Morgan fingerprint density at radius 3 is 2.57 bits per heavy atom. The Labute approximate surface area is 130 Å². The van der Waals surface area contributed by atoms with Gasteiger partial charge in [0.25, 0.3) is 0 Å². The molecule has 0 aliphatic rings. The van der Waals surface area contributed by atoms with Crippen LogP contribution < -0.4 is 0 Å². The first-order chi connectivity index (χ1) is 9.80. The number of hydrogen-bond donors (Lipinski definition) is 0. The summed E-state index contributed by atoms with van der Waals surface area (Å²) in [5.74, 6) is 0.341. The maximum absolute atomic E-state index is 11.1. The number of allylic oxidation sites excluding steroid dienone is 3. The Hall–Kier alpha value is -1.09. The molecule has 0 bridgehead atoms. The van der Waals surface area contributed by atoms with Gasteiger partial charge in [0.15, 0.2) is 0 Å². The van der Waals surface area contributed by atoms with E-state index >= 15 is 0 Å². The van der Waals surface area contributed by atoms with Gasteiger partial charge >= 0.3 is 5.97 Å². The molecule has 1 unspecified atom stereocenters. The Bertz CT molecular complexity index is 353. The molecule has 0 rings (SSSR count). The highest BCUT2D eigenvalue weighted by Gasteiger charge is 2.17. The fourth-order valence-corrected chi connectivity index (χ4v) is 2.24. The van der Waals surface area contributed by atoms with Crippen LogP contribution in [0.5, 0.6) is 0 Å². The summed E-state index contributed by atoms with van der Waals surface area (Å²) in [6.45, 7) is 11.3. The van der Waals surface area contributed by atoms with Crippen LogP contribution in [-0.4, -0.2) is 25.3 Å². The van der Waals surface area contributed by atoms with Gasteiger partial charge in [0, 0.05) is 12.7 Å². The van der Waals surface area contributed by atoms with E-state index in [0.29, 0.717) is 5.92 Å². The Kier molecular flexibility index (Phi) is 10.1. The van der Waals surface area contributed by atoms with E-state index in [4.69, 9.17) is 4.74 Å². The van der Waals surface area contributed by atoms with E-state index in [1.807, 2.05) is 19.9 Å². The fourth-order valence-electron chi connectivity index (χ4n) is 2.24. The minimum atomic E-state index is -0.302. The van der Waals surface area contributed by atoms with Crippen LogP contribution in [0.1, 0.15) is 60.3 Å². The number of esters is 1. The van der Waals surface area contributed by atoms with Crippen LogP contribution in [0.3, 0.4) is 0 Å². The Balaban J connectivity index is 3.98. The summed E-state index contributed by atoms with van der Waals surface area (Å²) in [6.07, 6.45) is 10.1. The largest absolute Gasteiger partial charge is 0.466 e. The first kappa shape index (κ1) is 19.9. The van der Waals surface area contributed by atoms with Crippen LogP contribution in [0.25, 0.3) is 0 Å². The molecule has 1 atom stereocenters. The van der Waals surface area contributed by atoms with E-state index in [9.17, 15) is 4.79 Å². The molecule has 0 fully saturated rings. The molecule has 3 nitrogen and oxygen atoms in total. The Morgan fingerprint density at radius 1 is 1.33 bits per heavy atom. The zero-order valence-electron chi connectivity index (χ0n) is 14.6. The summed E-state index contributed by atoms with van der Waals surface area (Å²) in [5.41, 5.74) is 0.913. The first-order valence-corrected chi connectivity index (χ1v) is 7.87. The summed E-state index contributed by atoms with van der Waals surface area (Å²) in [6, 6.07) is 0. The summed E-state index contributed by atoms with van der Waals surface area (Å²) in [4.78, 5) is 11.1. The maximum atomic E-state index is 11.1. The summed E-state index contributed by atoms with van der Waals surface area (Å²) >= 11 is 0. The smallest absolute Gasteiger partial charge is 0.330 e. The predicted molar refractivity (Wildman–Crippen MR) is 88.3 cm³/mol. The first-order valence-electron chi connectivity index (χ1n) is 7.87. The second-order valence-corrected chi connectivity index (χ2v) is 6.24. The predicted octanol–water partition coefficient (Wildman–Crippen LogP) is 4.67. The molecule has 122 valence electrons. The third-order valence-electron chi connectivity index (χ3n) is 3.48. The molecule has 0 amide bonds. The molecule has 0 saturated carbocycles. The van der Waals surface area contributed by atoms with Crippen LogP contribution in [0.4, 0.5) is 0 Å². The van der Waals surface area contributed by atoms with Crippen molar-refractivity contribution in [1.82, 2.24) is 0 Å². The minimum Gasteiger partial charge on any atom is -0.466 e. The molecule has 3 heteroatoms. The number of carbonyl (C=O) groups is 1. The lowest BCUT2D eigenvalue weighted by Gasteiger charge is -2.25. The van der Waals surface area contributed by atoms with E-state index in [1.54, 1.807) is 0 Å². The van der Waals surface area contributed by atoms with Gasteiger partial charge in [-0.15, -0.1) is 0 Å². The highest BCUT2D eigenvalue weighted by Crippen LogP contribution is 2.21. The highest BCUT2D eigenvalue weighted by molar-refractivity contribution is 5.83. The summed E-state index contributed by atoms with van der Waals surface area (Å²) in [7, 11) is 1.39. The van der Waals surface area contributed by atoms with Crippen molar-refractivity contribution < 1.29 is 14.3 Å². The average Bonchev–Trinajstić information content (AvgIpc) is 2.38. The number of ether oxygens (including phenoxy) is 2. The van der Waals surface area contributed by atoms with Crippen molar-refractivity contribution in [3.8, 4) is 0 Å². The maximum Gasteiger partial charge on any atom is 0.330 e. The SMILES string of the molecule is CCOC(C)(C)CCCC(C)C/C=C/C(C)=CC(=O)OC. The molecule has 0 aromatic carbocycles. The molecule has 0 aliphatic carbocycles. The van der Waals surface area contributed by atoms with E-state index in [-0.39, 0.29) is 11.6 Å². The van der Waals surface area contributed by atoms with Gasteiger partial charge in [-0.2, -0.15) is 0 Å². The number of methoxy groups -OCH3 is 1.